The Hall–Kier alpha value is -1.97. The molecule has 2 aromatic rings. The fraction of sp³-hybridized carbons (Fsp3) is 0. The second-order valence-corrected chi connectivity index (χ2v) is 2.79. The minimum Gasteiger partial charge on any atom is -0.369 e. The summed E-state index contributed by atoms with van der Waals surface area (Å²) in [6, 6.07) is 7.96. The predicted molar refractivity (Wildman–Crippen MR) is 53.1 cm³/mol. The van der Waals surface area contributed by atoms with E-state index in [1.165, 1.54) is 0 Å². The standard InChI is InChI=1S/C9H10N4/c10-9(11)12-13-5-7-3-1-2-4-8(7)6-13/h1-6H,(H4,10,11,12). The van der Waals surface area contributed by atoms with Crippen LogP contribution in [0.25, 0.3) is 10.8 Å². The van der Waals surface area contributed by atoms with E-state index in [0.29, 0.717) is 0 Å². The molecule has 4 nitrogen and oxygen atoms in total. The summed E-state index contributed by atoms with van der Waals surface area (Å²) >= 11 is 0. The normalized spacial score (nSPS) is 10.2. The molecule has 0 saturated carbocycles. The highest BCUT2D eigenvalue weighted by atomic mass is 15.4. The largest absolute Gasteiger partial charge is 0.369 e. The quantitative estimate of drug-likeness (QED) is 0.493. The van der Waals surface area contributed by atoms with E-state index in [4.69, 9.17) is 11.5 Å². The first-order valence-corrected chi connectivity index (χ1v) is 3.92. The van der Waals surface area contributed by atoms with Crippen molar-refractivity contribution >= 4 is 16.7 Å². The molecule has 0 fully saturated rings. The molecule has 2 rings (SSSR count). The van der Waals surface area contributed by atoms with Gasteiger partial charge in [0.2, 0.25) is 5.96 Å². The van der Waals surface area contributed by atoms with E-state index in [-0.39, 0.29) is 5.96 Å². The van der Waals surface area contributed by atoms with Crippen molar-refractivity contribution in [3.63, 3.8) is 0 Å². The monoisotopic (exact) mass is 174 g/mol. The average Bonchev–Trinajstić information content (AvgIpc) is 2.44. The molecule has 0 radical (unpaired) electrons. The van der Waals surface area contributed by atoms with Gasteiger partial charge in [0.15, 0.2) is 0 Å². The fourth-order valence-electron chi connectivity index (χ4n) is 1.26. The van der Waals surface area contributed by atoms with Gasteiger partial charge >= 0.3 is 0 Å². The summed E-state index contributed by atoms with van der Waals surface area (Å²) in [6.07, 6.45) is 3.74. The molecule has 0 aliphatic heterocycles. The summed E-state index contributed by atoms with van der Waals surface area (Å²) in [5.74, 6) is 0.0558. The van der Waals surface area contributed by atoms with Gasteiger partial charge in [0.05, 0.1) is 0 Å². The number of hydrogen-bond donors (Lipinski definition) is 2. The van der Waals surface area contributed by atoms with E-state index in [2.05, 4.69) is 5.10 Å². The zero-order chi connectivity index (χ0) is 9.26. The highest BCUT2D eigenvalue weighted by molar-refractivity contribution is 5.82. The number of guanidine groups is 1. The minimum absolute atomic E-state index is 0.0558. The van der Waals surface area contributed by atoms with Crippen LogP contribution in [0.15, 0.2) is 41.8 Å². The topological polar surface area (TPSA) is 69.3 Å². The van der Waals surface area contributed by atoms with Crippen molar-refractivity contribution in [2.75, 3.05) is 0 Å². The van der Waals surface area contributed by atoms with Gasteiger partial charge in [-0.05, 0) is 0 Å². The van der Waals surface area contributed by atoms with Gasteiger partial charge in [-0.3, -0.25) is 0 Å². The van der Waals surface area contributed by atoms with Crippen molar-refractivity contribution in [2.45, 2.75) is 0 Å². The summed E-state index contributed by atoms with van der Waals surface area (Å²) in [5, 5.41) is 6.12. The minimum atomic E-state index is 0.0558. The van der Waals surface area contributed by atoms with Gasteiger partial charge in [-0.1, -0.05) is 24.3 Å². The number of hydrogen-bond acceptors (Lipinski definition) is 1. The van der Waals surface area contributed by atoms with Crippen LogP contribution in [0.2, 0.25) is 0 Å². The van der Waals surface area contributed by atoms with E-state index < -0.39 is 0 Å². The molecule has 0 saturated heterocycles. The van der Waals surface area contributed by atoms with Gasteiger partial charge in [0, 0.05) is 23.2 Å². The Morgan fingerprint density at radius 3 is 2.08 bits per heavy atom. The zero-order valence-corrected chi connectivity index (χ0v) is 7.01. The van der Waals surface area contributed by atoms with Crippen LogP contribution in [-0.4, -0.2) is 10.6 Å². The molecule has 0 aliphatic rings. The summed E-state index contributed by atoms with van der Waals surface area (Å²) < 4.78 is 1.61. The first-order valence-electron chi connectivity index (χ1n) is 3.92. The number of nitrogens with two attached hydrogens (primary N) is 2. The first kappa shape index (κ1) is 7.67. The Bertz CT molecular complexity index is 418. The second-order valence-electron chi connectivity index (χ2n) is 2.79. The molecule has 66 valence electrons. The van der Waals surface area contributed by atoms with Crippen LogP contribution in [0.1, 0.15) is 0 Å². The van der Waals surface area contributed by atoms with E-state index >= 15 is 0 Å². The molecule has 4 heteroatoms. The Morgan fingerprint density at radius 1 is 1.08 bits per heavy atom. The Kier molecular flexibility index (Phi) is 1.66. The number of nitrogens with zero attached hydrogens (tertiary/aromatic N) is 2. The highest BCUT2D eigenvalue weighted by Crippen LogP contribution is 2.13. The lowest BCUT2D eigenvalue weighted by atomic mass is 10.2. The van der Waals surface area contributed by atoms with Crippen molar-refractivity contribution in [2.24, 2.45) is 16.6 Å². The van der Waals surface area contributed by atoms with Crippen molar-refractivity contribution in [1.29, 1.82) is 0 Å². The predicted octanol–water partition coefficient (Wildman–Crippen LogP) is 0.678. The van der Waals surface area contributed by atoms with Crippen molar-refractivity contribution in [1.82, 2.24) is 4.68 Å². The molecular formula is C9H10N4. The molecule has 1 aromatic carbocycles. The smallest absolute Gasteiger partial charge is 0.209 e. The highest BCUT2D eigenvalue weighted by Gasteiger charge is 1.95. The second kappa shape index (κ2) is 2.82. The Labute approximate surface area is 75.4 Å². The van der Waals surface area contributed by atoms with Gasteiger partial charge in [-0.2, -0.15) is 0 Å². The molecule has 1 aromatic heterocycles. The Morgan fingerprint density at radius 2 is 1.62 bits per heavy atom. The van der Waals surface area contributed by atoms with E-state index in [1.807, 2.05) is 36.7 Å². The molecule has 0 spiro atoms. The SMILES string of the molecule is NC(N)=Nn1cc2ccccc2c1. The maximum Gasteiger partial charge on any atom is 0.209 e. The van der Waals surface area contributed by atoms with Crippen LogP contribution in [-0.2, 0) is 0 Å². The lowest BCUT2D eigenvalue weighted by Crippen LogP contribution is -2.23. The summed E-state index contributed by atoms with van der Waals surface area (Å²) in [7, 11) is 0. The molecule has 0 atom stereocenters. The average molecular weight is 174 g/mol. The van der Waals surface area contributed by atoms with E-state index in [1.54, 1.807) is 4.68 Å². The van der Waals surface area contributed by atoms with Gasteiger partial charge < -0.3 is 11.5 Å². The van der Waals surface area contributed by atoms with E-state index in [9.17, 15) is 0 Å². The van der Waals surface area contributed by atoms with Crippen LogP contribution in [0.5, 0.6) is 0 Å². The molecule has 4 N–H and O–H groups in total. The number of rotatable bonds is 1. The molecule has 1 heterocycles. The van der Waals surface area contributed by atoms with Gasteiger partial charge in [0.25, 0.3) is 0 Å². The third kappa shape index (κ3) is 1.46. The van der Waals surface area contributed by atoms with Crippen LogP contribution in [0, 0.1) is 0 Å². The maximum absolute atomic E-state index is 5.25. The number of fused-ring (bicyclic) bond motifs is 1. The van der Waals surface area contributed by atoms with Crippen LogP contribution in [0.3, 0.4) is 0 Å². The fourth-order valence-corrected chi connectivity index (χ4v) is 1.26. The molecule has 0 unspecified atom stereocenters. The van der Waals surface area contributed by atoms with Crippen molar-refractivity contribution < 1.29 is 0 Å². The summed E-state index contributed by atoms with van der Waals surface area (Å²) in [5.41, 5.74) is 10.5. The zero-order valence-electron chi connectivity index (χ0n) is 7.01. The summed E-state index contributed by atoms with van der Waals surface area (Å²) in [4.78, 5) is 0. The summed E-state index contributed by atoms with van der Waals surface area (Å²) in [6.45, 7) is 0. The molecule has 13 heavy (non-hydrogen) atoms. The molecule has 0 aliphatic carbocycles. The molecule has 0 amide bonds. The number of aromatic nitrogens is 1. The third-order valence-electron chi connectivity index (χ3n) is 1.77. The third-order valence-corrected chi connectivity index (χ3v) is 1.77. The lowest BCUT2D eigenvalue weighted by molar-refractivity contribution is 0.885. The van der Waals surface area contributed by atoms with Crippen LogP contribution >= 0.6 is 0 Å². The van der Waals surface area contributed by atoms with Gasteiger partial charge in [-0.15, -0.1) is 5.10 Å². The van der Waals surface area contributed by atoms with Gasteiger partial charge in [0.1, 0.15) is 0 Å². The first-order chi connectivity index (χ1) is 6.25. The van der Waals surface area contributed by atoms with Crippen molar-refractivity contribution in [3.05, 3.63) is 36.7 Å². The van der Waals surface area contributed by atoms with Crippen molar-refractivity contribution in [3.8, 4) is 0 Å². The number of benzene rings is 1. The molecular weight excluding hydrogens is 164 g/mol. The van der Waals surface area contributed by atoms with Crippen LogP contribution in [0.4, 0.5) is 0 Å². The maximum atomic E-state index is 5.25. The Balaban J connectivity index is 2.56. The van der Waals surface area contributed by atoms with Crippen LogP contribution < -0.4 is 11.5 Å². The van der Waals surface area contributed by atoms with Gasteiger partial charge in [-0.25, -0.2) is 4.68 Å². The van der Waals surface area contributed by atoms with E-state index in [0.717, 1.165) is 10.8 Å². The molecule has 0 bridgehead atoms. The lowest BCUT2D eigenvalue weighted by Gasteiger charge is -1.91.